The van der Waals surface area contributed by atoms with Gasteiger partial charge in [-0.25, -0.2) is 0 Å². The molecule has 128 valence electrons. The number of halogens is 4. The van der Waals surface area contributed by atoms with Crippen LogP contribution in [0.3, 0.4) is 0 Å². The molecule has 4 nitrogen and oxygen atoms in total. The number of benzene rings is 1. The first kappa shape index (κ1) is 15.7. The van der Waals surface area contributed by atoms with Crippen LogP contribution in [0.5, 0.6) is 0 Å². The van der Waals surface area contributed by atoms with Crippen molar-refractivity contribution in [1.29, 1.82) is 0 Å². The zero-order chi connectivity index (χ0) is 17.2. The smallest absolute Gasteiger partial charge is 0.416 e. The van der Waals surface area contributed by atoms with E-state index in [2.05, 4.69) is 5.32 Å². The summed E-state index contributed by atoms with van der Waals surface area (Å²) >= 11 is 5.91. The van der Waals surface area contributed by atoms with Crippen LogP contribution >= 0.6 is 11.6 Å². The van der Waals surface area contributed by atoms with Crippen molar-refractivity contribution in [3.8, 4) is 0 Å². The Morgan fingerprint density at radius 2 is 2.04 bits per heavy atom. The molecule has 0 radical (unpaired) electrons. The summed E-state index contributed by atoms with van der Waals surface area (Å²) in [4.78, 5) is 24.5. The number of ether oxygens (including phenoxy) is 1. The minimum absolute atomic E-state index is 0.0198. The first-order chi connectivity index (χ1) is 11.3. The average molecular weight is 360 g/mol. The molecule has 1 amide bonds. The molecule has 0 aromatic heterocycles. The highest BCUT2D eigenvalue weighted by Gasteiger charge is 2.63. The lowest BCUT2D eigenvalue weighted by Gasteiger charge is -2.24. The molecule has 1 aromatic rings. The Hall–Kier alpha value is -1.76. The zero-order valence-electron chi connectivity index (χ0n) is 12.3. The van der Waals surface area contributed by atoms with Gasteiger partial charge in [0, 0.05) is 5.92 Å². The van der Waals surface area contributed by atoms with E-state index < -0.39 is 29.5 Å². The number of hydrogen-bond acceptors (Lipinski definition) is 3. The van der Waals surface area contributed by atoms with E-state index in [1.54, 1.807) is 0 Å². The summed E-state index contributed by atoms with van der Waals surface area (Å²) in [5.74, 6) is -1.81. The average Bonchev–Trinajstić information content (AvgIpc) is 3.09. The van der Waals surface area contributed by atoms with Crippen molar-refractivity contribution in [2.75, 3.05) is 5.32 Å². The van der Waals surface area contributed by atoms with E-state index >= 15 is 0 Å². The third kappa shape index (κ3) is 2.29. The van der Waals surface area contributed by atoms with Gasteiger partial charge in [0.2, 0.25) is 5.91 Å². The molecule has 5 atom stereocenters. The molecule has 3 aliphatic rings. The second kappa shape index (κ2) is 5.12. The van der Waals surface area contributed by atoms with Gasteiger partial charge >= 0.3 is 12.1 Å². The molecule has 2 saturated carbocycles. The van der Waals surface area contributed by atoms with Gasteiger partial charge in [-0.2, -0.15) is 13.2 Å². The van der Waals surface area contributed by atoms with Gasteiger partial charge in [-0.15, -0.1) is 0 Å². The molecular formula is C16H13ClF3NO3. The normalized spacial score (nSPS) is 33.7. The van der Waals surface area contributed by atoms with Crippen molar-refractivity contribution in [2.24, 2.45) is 23.7 Å². The summed E-state index contributed by atoms with van der Waals surface area (Å²) in [6.07, 6.45) is -3.25. The van der Waals surface area contributed by atoms with E-state index in [0.717, 1.165) is 24.6 Å². The Labute approximate surface area is 140 Å². The molecule has 24 heavy (non-hydrogen) atoms. The molecule has 0 unspecified atom stereocenters. The van der Waals surface area contributed by atoms with Crippen molar-refractivity contribution in [2.45, 2.75) is 25.1 Å². The van der Waals surface area contributed by atoms with Crippen LogP contribution in [0.1, 0.15) is 18.4 Å². The lowest BCUT2D eigenvalue weighted by molar-refractivity contribution is -0.145. The number of alkyl halides is 3. The third-order valence-electron chi connectivity index (χ3n) is 5.34. The lowest BCUT2D eigenvalue weighted by atomic mass is 9.79. The fourth-order valence-electron chi connectivity index (χ4n) is 4.38. The lowest BCUT2D eigenvalue weighted by Crippen LogP contribution is -2.36. The highest BCUT2D eigenvalue weighted by atomic mass is 35.5. The van der Waals surface area contributed by atoms with Crippen LogP contribution in [-0.4, -0.2) is 18.0 Å². The van der Waals surface area contributed by atoms with Gasteiger partial charge in [0.25, 0.3) is 0 Å². The summed E-state index contributed by atoms with van der Waals surface area (Å²) in [6.45, 7) is 0. The molecule has 1 aromatic carbocycles. The summed E-state index contributed by atoms with van der Waals surface area (Å²) < 4.78 is 43.7. The molecule has 2 bridgehead atoms. The van der Waals surface area contributed by atoms with Gasteiger partial charge in [0.05, 0.1) is 28.1 Å². The van der Waals surface area contributed by atoms with E-state index in [1.165, 1.54) is 0 Å². The number of carbonyl (C=O) groups is 2. The number of fused-ring (bicyclic) bond motifs is 1. The Kier molecular flexibility index (Phi) is 3.36. The largest absolute Gasteiger partial charge is 0.462 e. The van der Waals surface area contributed by atoms with Crippen LogP contribution in [0.25, 0.3) is 0 Å². The molecule has 1 saturated heterocycles. The van der Waals surface area contributed by atoms with Gasteiger partial charge in [0.15, 0.2) is 0 Å². The molecule has 1 N–H and O–H groups in total. The van der Waals surface area contributed by atoms with Crippen molar-refractivity contribution in [3.05, 3.63) is 28.8 Å². The van der Waals surface area contributed by atoms with E-state index in [1.807, 2.05) is 0 Å². The number of nitrogens with one attached hydrogen (secondary N) is 1. The number of carbonyl (C=O) groups excluding carboxylic acids is 2. The summed E-state index contributed by atoms with van der Waals surface area (Å²) in [5, 5.41) is 2.49. The first-order valence-electron chi connectivity index (χ1n) is 7.64. The van der Waals surface area contributed by atoms with Gasteiger partial charge in [-0.05, 0) is 37.0 Å². The van der Waals surface area contributed by atoms with Crippen molar-refractivity contribution in [1.82, 2.24) is 0 Å². The second-order valence-corrected chi connectivity index (χ2v) is 7.01. The monoisotopic (exact) mass is 359 g/mol. The van der Waals surface area contributed by atoms with Crippen molar-refractivity contribution >= 4 is 29.2 Å². The van der Waals surface area contributed by atoms with Crippen molar-refractivity contribution in [3.63, 3.8) is 0 Å². The summed E-state index contributed by atoms with van der Waals surface area (Å²) in [7, 11) is 0. The minimum atomic E-state index is -4.53. The van der Waals surface area contributed by atoms with Gasteiger partial charge < -0.3 is 10.1 Å². The fraction of sp³-hybridized carbons (Fsp3) is 0.500. The Morgan fingerprint density at radius 1 is 1.29 bits per heavy atom. The van der Waals surface area contributed by atoms with Crippen molar-refractivity contribution < 1.29 is 27.5 Å². The van der Waals surface area contributed by atoms with E-state index in [0.29, 0.717) is 6.42 Å². The van der Waals surface area contributed by atoms with Crippen LogP contribution < -0.4 is 5.32 Å². The SMILES string of the molecule is O=C(Nc1cc(C(F)(F)F)ccc1Cl)[C@@H]1[C@@H]2C[C@@H]3[C@H]1C(=O)O[C@@H]3C2. The Bertz CT molecular complexity index is 734. The number of amides is 1. The molecule has 2 aliphatic carbocycles. The predicted octanol–water partition coefficient (Wildman–Crippen LogP) is 3.49. The predicted molar refractivity (Wildman–Crippen MR) is 78.2 cm³/mol. The minimum Gasteiger partial charge on any atom is -0.462 e. The maximum absolute atomic E-state index is 12.8. The first-order valence-corrected chi connectivity index (χ1v) is 8.01. The van der Waals surface area contributed by atoms with E-state index in [4.69, 9.17) is 16.3 Å². The van der Waals surface area contributed by atoms with Crippen LogP contribution in [-0.2, 0) is 20.5 Å². The maximum atomic E-state index is 12.8. The molecule has 1 heterocycles. The highest BCUT2D eigenvalue weighted by Crippen LogP contribution is 2.57. The number of anilines is 1. The van der Waals surface area contributed by atoms with Crippen LogP contribution in [0.2, 0.25) is 5.02 Å². The maximum Gasteiger partial charge on any atom is 0.416 e. The quantitative estimate of drug-likeness (QED) is 0.822. The highest BCUT2D eigenvalue weighted by molar-refractivity contribution is 6.33. The molecule has 0 spiro atoms. The molecular weight excluding hydrogens is 347 g/mol. The van der Waals surface area contributed by atoms with Gasteiger partial charge in [-0.1, -0.05) is 11.6 Å². The molecule has 1 aliphatic heterocycles. The number of rotatable bonds is 2. The van der Waals surface area contributed by atoms with E-state index in [9.17, 15) is 22.8 Å². The van der Waals surface area contributed by atoms with E-state index in [-0.39, 0.29) is 34.6 Å². The number of esters is 1. The summed E-state index contributed by atoms with van der Waals surface area (Å²) in [6, 6.07) is 2.76. The zero-order valence-corrected chi connectivity index (χ0v) is 13.0. The molecule has 3 fully saturated rings. The van der Waals surface area contributed by atoms with Gasteiger partial charge in [-0.3, -0.25) is 9.59 Å². The van der Waals surface area contributed by atoms with Crippen LogP contribution in [0.4, 0.5) is 18.9 Å². The van der Waals surface area contributed by atoms with Gasteiger partial charge in [0.1, 0.15) is 6.10 Å². The topological polar surface area (TPSA) is 55.4 Å². The third-order valence-corrected chi connectivity index (χ3v) is 5.67. The standard InChI is InChI=1S/C16H13ClF3NO3/c17-9-2-1-7(16(18,19)20)5-10(9)21-14(22)12-6-3-8-11(4-6)24-15(23)13(8)12/h1-2,5-6,8,11-13H,3-4H2,(H,21,22)/t6-,8+,11-,12-,13-/m1/s1. The molecule has 4 rings (SSSR count). The summed E-state index contributed by atoms with van der Waals surface area (Å²) in [5.41, 5.74) is -0.988. The Morgan fingerprint density at radius 3 is 2.75 bits per heavy atom. The van der Waals surface area contributed by atoms with Crippen LogP contribution in [0.15, 0.2) is 18.2 Å². The molecule has 8 heteroatoms. The fourth-order valence-corrected chi connectivity index (χ4v) is 4.54. The Balaban J connectivity index is 1.58. The van der Waals surface area contributed by atoms with Crippen LogP contribution in [0, 0.1) is 23.7 Å². The second-order valence-electron chi connectivity index (χ2n) is 6.60. The number of hydrogen-bond donors (Lipinski definition) is 1.